The van der Waals surface area contributed by atoms with Crippen LogP contribution >= 0.6 is 0 Å². The molecule has 0 unspecified atom stereocenters. The molecule has 1 aliphatic rings. The summed E-state index contributed by atoms with van der Waals surface area (Å²) in [4.78, 5) is 16.7. The molecular weight excluding hydrogens is 174 g/mol. The van der Waals surface area contributed by atoms with E-state index in [-0.39, 0.29) is 6.10 Å². The maximum absolute atomic E-state index is 10.0. The molecule has 1 heterocycles. The number of nitrogens with two attached hydrogens (primary N) is 1. The van der Waals surface area contributed by atoms with Crippen LogP contribution in [0.4, 0.5) is 0 Å². The molecule has 13 heavy (non-hydrogen) atoms. The minimum absolute atomic E-state index is 0.218. The standard InChI is InChI=1S/C7H15N3O3/c8-3-6-9-4-1-7(2-5-9)13-10(11)12/h7H,1-6,8H2. The second kappa shape index (κ2) is 4.98. The van der Waals surface area contributed by atoms with E-state index in [2.05, 4.69) is 9.74 Å². The van der Waals surface area contributed by atoms with Gasteiger partial charge in [-0.3, -0.25) is 0 Å². The molecule has 1 aliphatic heterocycles. The van der Waals surface area contributed by atoms with Gasteiger partial charge in [-0.2, -0.15) is 0 Å². The Morgan fingerprint density at radius 3 is 2.62 bits per heavy atom. The zero-order valence-electron chi connectivity index (χ0n) is 7.52. The Bertz CT molecular complexity index is 168. The first-order valence-electron chi connectivity index (χ1n) is 4.46. The summed E-state index contributed by atoms with van der Waals surface area (Å²) < 4.78 is 0. The minimum atomic E-state index is -0.705. The number of piperidine rings is 1. The van der Waals surface area contributed by atoms with Gasteiger partial charge in [0.25, 0.3) is 5.09 Å². The van der Waals surface area contributed by atoms with Gasteiger partial charge in [-0.1, -0.05) is 0 Å². The van der Waals surface area contributed by atoms with Crippen molar-refractivity contribution in [1.82, 2.24) is 4.90 Å². The van der Waals surface area contributed by atoms with Crippen molar-refractivity contribution in [3.63, 3.8) is 0 Å². The van der Waals surface area contributed by atoms with E-state index in [0.29, 0.717) is 6.54 Å². The van der Waals surface area contributed by atoms with Crippen molar-refractivity contribution in [3.8, 4) is 0 Å². The Balaban J connectivity index is 2.18. The lowest BCUT2D eigenvalue weighted by molar-refractivity contribution is -0.769. The van der Waals surface area contributed by atoms with Crippen LogP contribution in [0.3, 0.4) is 0 Å². The van der Waals surface area contributed by atoms with E-state index >= 15 is 0 Å². The van der Waals surface area contributed by atoms with E-state index in [1.54, 1.807) is 0 Å². The van der Waals surface area contributed by atoms with Gasteiger partial charge in [0.1, 0.15) is 6.10 Å². The first kappa shape index (κ1) is 10.2. The van der Waals surface area contributed by atoms with Crippen LogP contribution in [0.1, 0.15) is 12.8 Å². The Labute approximate surface area is 76.7 Å². The van der Waals surface area contributed by atoms with Gasteiger partial charge in [0.15, 0.2) is 0 Å². The number of nitrogens with zero attached hydrogens (tertiary/aromatic N) is 2. The Morgan fingerprint density at radius 2 is 2.15 bits per heavy atom. The van der Waals surface area contributed by atoms with Crippen molar-refractivity contribution in [3.05, 3.63) is 10.1 Å². The normalized spacial score (nSPS) is 20.1. The van der Waals surface area contributed by atoms with Crippen molar-refractivity contribution in [1.29, 1.82) is 0 Å². The van der Waals surface area contributed by atoms with Crippen LogP contribution in [-0.2, 0) is 4.84 Å². The van der Waals surface area contributed by atoms with E-state index in [1.807, 2.05) is 0 Å². The summed E-state index contributed by atoms with van der Waals surface area (Å²) in [7, 11) is 0. The Hall–Kier alpha value is -0.880. The Morgan fingerprint density at radius 1 is 1.54 bits per heavy atom. The van der Waals surface area contributed by atoms with E-state index in [4.69, 9.17) is 5.73 Å². The average Bonchev–Trinajstić information content (AvgIpc) is 2.08. The Kier molecular flexibility index (Phi) is 3.91. The molecule has 0 saturated carbocycles. The summed E-state index contributed by atoms with van der Waals surface area (Å²) in [6.45, 7) is 3.19. The maximum Gasteiger partial charge on any atom is 0.294 e. The van der Waals surface area contributed by atoms with Crippen LogP contribution < -0.4 is 5.73 Å². The highest BCUT2D eigenvalue weighted by Gasteiger charge is 2.20. The second-order valence-electron chi connectivity index (χ2n) is 3.16. The van der Waals surface area contributed by atoms with E-state index < -0.39 is 5.09 Å². The summed E-state index contributed by atoms with van der Waals surface area (Å²) in [5.74, 6) is 0. The highest BCUT2D eigenvalue weighted by Crippen LogP contribution is 2.12. The van der Waals surface area contributed by atoms with E-state index in [0.717, 1.165) is 32.5 Å². The monoisotopic (exact) mass is 189 g/mol. The fourth-order valence-corrected chi connectivity index (χ4v) is 1.54. The molecule has 0 spiro atoms. The number of hydrogen-bond acceptors (Lipinski definition) is 5. The highest BCUT2D eigenvalue weighted by molar-refractivity contribution is 4.71. The van der Waals surface area contributed by atoms with Gasteiger partial charge in [0, 0.05) is 26.2 Å². The quantitative estimate of drug-likeness (QED) is 0.481. The zero-order chi connectivity index (χ0) is 9.68. The molecule has 6 heteroatoms. The number of rotatable bonds is 4. The summed E-state index contributed by atoms with van der Waals surface area (Å²) in [5, 5.41) is 9.32. The fourth-order valence-electron chi connectivity index (χ4n) is 1.54. The molecule has 1 fully saturated rings. The first-order valence-corrected chi connectivity index (χ1v) is 4.46. The van der Waals surface area contributed by atoms with Crippen molar-refractivity contribution in [2.75, 3.05) is 26.2 Å². The molecule has 76 valence electrons. The minimum Gasteiger partial charge on any atom is -0.329 e. The molecule has 2 N–H and O–H groups in total. The van der Waals surface area contributed by atoms with Gasteiger partial charge in [0.05, 0.1) is 0 Å². The van der Waals surface area contributed by atoms with Gasteiger partial charge >= 0.3 is 0 Å². The van der Waals surface area contributed by atoms with Crippen LogP contribution in [0.25, 0.3) is 0 Å². The van der Waals surface area contributed by atoms with Crippen molar-refractivity contribution in [2.24, 2.45) is 5.73 Å². The second-order valence-corrected chi connectivity index (χ2v) is 3.16. The predicted molar refractivity (Wildman–Crippen MR) is 46.6 cm³/mol. The van der Waals surface area contributed by atoms with Crippen LogP contribution in [0.2, 0.25) is 0 Å². The van der Waals surface area contributed by atoms with Gasteiger partial charge in [-0.15, -0.1) is 10.1 Å². The van der Waals surface area contributed by atoms with Crippen LogP contribution in [0.5, 0.6) is 0 Å². The number of likely N-dealkylation sites (tertiary alicyclic amines) is 1. The smallest absolute Gasteiger partial charge is 0.294 e. The highest BCUT2D eigenvalue weighted by atomic mass is 17.0. The lowest BCUT2D eigenvalue weighted by Gasteiger charge is -2.30. The van der Waals surface area contributed by atoms with Crippen LogP contribution in [-0.4, -0.2) is 42.3 Å². The fraction of sp³-hybridized carbons (Fsp3) is 1.00. The largest absolute Gasteiger partial charge is 0.329 e. The maximum atomic E-state index is 10.0. The van der Waals surface area contributed by atoms with Gasteiger partial charge in [-0.25, -0.2) is 0 Å². The van der Waals surface area contributed by atoms with Gasteiger partial charge in [-0.05, 0) is 12.8 Å². The molecule has 6 nitrogen and oxygen atoms in total. The van der Waals surface area contributed by atoms with E-state index in [9.17, 15) is 10.1 Å². The molecular formula is C7H15N3O3. The van der Waals surface area contributed by atoms with E-state index in [1.165, 1.54) is 0 Å². The summed E-state index contributed by atoms with van der Waals surface area (Å²) in [6.07, 6.45) is 1.23. The van der Waals surface area contributed by atoms with Crippen molar-refractivity contribution < 1.29 is 9.92 Å². The molecule has 0 aromatic carbocycles. The third kappa shape index (κ3) is 3.56. The van der Waals surface area contributed by atoms with Crippen molar-refractivity contribution >= 4 is 0 Å². The SMILES string of the molecule is NCCN1CCC(O[N+](=O)[O-])CC1. The predicted octanol–water partition coefficient (Wildman–Crippen LogP) is -0.382. The molecule has 1 rings (SSSR count). The lowest BCUT2D eigenvalue weighted by atomic mass is 10.1. The molecule has 0 aromatic rings. The van der Waals surface area contributed by atoms with Crippen LogP contribution in [0, 0.1) is 10.1 Å². The van der Waals surface area contributed by atoms with Gasteiger partial charge < -0.3 is 15.5 Å². The van der Waals surface area contributed by atoms with Crippen molar-refractivity contribution in [2.45, 2.75) is 18.9 Å². The summed E-state index contributed by atoms with van der Waals surface area (Å²) >= 11 is 0. The third-order valence-corrected chi connectivity index (χ3v) is 2.22. The molecule has 0 atom stereocenters. The molecule has 0 aliphatic carbocycles. The van der Waals surface area contributed by atoms with Crippen LogP contribution in [0.15, 0.2) is 0 Å². The molecule has 1 saturated heterocycles. The summed E-state index contributed by atoms with van der Waals surface area (Å²) in [6, 6.07) is 0. The third-order valence-electron chi connectivity index (χ3n) is 2.22. The topological polar surface area (TPSA) is 81.6 Å². The first-order chi connectivity index (χ1) is 6.22. The molecule has 0 radical (unpaired) electrons. The molecule has 0 aromatic heterocycles. The average molecular weight is 189 g/mol. The summed E-state index contributed by atoms with van der Waals surface area (Å²) in [5.41, 5.74) is 5.39. The molecule has 0 amide bonds. The number of hydrogen-bond donors (Lipinski definition) is 1. The zero-order valence-corrected chi connectivity index (χ0v) is 7.52. The lowest BCUT2D eigenvalue weighted by Crippen LogP contribution is -2.40. The molecule has 0 bridgehead atoms. The van der Waals surface area contributed by atoms with Gasteiger partial charge in [0.2, 0.25) is 0 Å².